The predicted molar refractivity (Wildman–Crippen MR) is 114 cm³/mol. The lowest BCUT2D eigenvalue weighted by Crippen LogP contribution is -2.32. The summed E-state index contributed by atoms with van der Waals surface area (Å²) in [7, 11) is 0. The molecular weight excluding hydrogens is 403 g/mol. The highest BCUT2D eigenvalue weighted by atomic mass is 32.1. The van der Waals surface area contributed by atoms with Crippen LogP contribution in [0.5, 0.6) is 0 Å². The number of fused-ring (bicyclic) bond motifs is 1. The van der Waals surface area contributed by atoms with Crippen molar-refractivity contribution in [2.75, 3.05) is 18.4 Å². The fourth-order valence-corrected chi connectivity index (χ4v) is 4.74. The van der Waals surface area contributed by atoms with Crippen molar-refractivity contribution in [2.24, 2.45) is 0 Å². The summed E-state index contributed by atoms with van der Waals surface area (Å²) in [4.78, 5) is 19.6. The number of nitrogens with one attached hydrogen (secondary N) is 1. The fourth-order valence-electron chi connectivity index (χ4n) is 3.77. The quantitative estimate of drug-likeness (QED) is 0.515. The Morgan fingerprint density at radius 1 is 1.27 bits per heavy atom. The summed E-state index contributed by atoms with van der Waals surface area (Å²) in [5.41, 5.74) is 2.70. The van der Waals surface area contributed by atoms with Crippen LogP contribution in [-0.4, -0.2) is 40.1 Å². The highest BCUT2D eigenvalue weighted by Gasteiger charge is 2.31. The molecule has 1 aliphatic rings. The highest BCUT2D eigenvalue weighted by Crippen LogP contribution is 2.30. The molecule has 2 aromatic carbocycles. The van der Waals surface area contributed by atoms with Gasteiger partial charge in [-0.3, -0.25) is 4.79 Å². The molecule has 0 radical (unpaired) electrons. The fraction of sp³-hybridized carbons (Fsp3) is 0.227. The minimum Gasteiger partial charge on any atom is -0.360 e. The maximum absolute atomic E-state index is 13.4. The average molecular weight is 422 g/mol. The molecule has 1 unspecified atom stereocenters. The van der Waals surface area contributed by atoms with Crippen molar-refractivity contribution in [3.05, 3.63) is 65.7 Å². The Hall–Kier alpha value is -3.26. The van der Waals surface area contributed by atoms with E-state index in [-0.39, 0.29) is 17.8 Å². The molecule has 0 spiro atoms. The number of benzene rings is 2. The molecule has 6 nitrogen and oxygen atoms in total. The summed E-state index contributed by atoms with van der Waals surface area (Å²) in [5.74, 6) is 0.167. The Kier molecular flexibility index (Phi) is 4.71. The molecule has 152 valence electrons. The van der Waals surface area contributed by atoms with Crippen molar-refractivity contribution in [2.45, 2.75) is 19.4 Å². The van der Waals surface area contributed by atoms with Gasteiger partial charge in [-0.2, -0.15) is 0 Å². The summed E-state index contributed by atoms with van der Waals surface area (Å²) in [6, 6.07) is 14.2. The van der Waals surface area contributed by atoms with Gasteiger partial charge in [-0.05, 0) is 31.5 Å². The number of thiazole rings is 1. The molecule has 2 aromatic heterocycles. The molecule has 8 heteroatoms. The highest BCUT2D eigenvalue weighted by molar-refractivity contribution is 7.22. The third-order valence-corrected chi connectivity index (χ3v) is 6.23. The van der Waals surface area contributed by atoms with E-state index in [1.807, 2.05) is 35.2 Å². The molecule has 3 heterocycles. The number of hydrogen-bond donors (Lipinski definition) is 1. The third-order valence-electron chi connectivity index (χ3n) is 5.28. The smallest absolute Gasteiger partial charge is 0.259 e. The lowest BCUT2D eigenvalue weighted by atomic mass is 10.1. The SMILES string of the molecule is Cc1onc(-c2ccccc2)c1C(=O)N1CCC(Nc2nc3ccc(F)cc3s2)C1. The zero-order valence-electron chi connectivity index (χ0n) is 16.3. The number of carbonyl (C=O) groups is 1. The molecule has 5 rings (SSSR count). The minimum absolute atomic E-state index is 0.0803. The van der Waals surface area contributed by atoms with Crippen LogP contribution in [0.25, 0.3) is 21.5 Å². The first kappa shape index (κ1) is 18.7. The summed E-state index contributed by atoms with van der Waals surface area (Å²) in [5, 5.41) is 8.25. The number of halogens is 1. The molecule has 0 bridgehead atoms. The monoisotopic (exact) mass is 422 g/mol. The van der Waals surface area contributed by atoms with Crippen molar-refractivity contribution in [3.63, 3.8) is 0 Å². The van der Waals surface area contributed by atoms with E-state index in [9.17, 15) is 9.18 Å². The normalized spacial score (nSPS) is 16.3. The van der Waals surface area contributed by atoms with Gasteiger partial charge in [0, 0.05) is 24.7 Å². The van der Waals surface area contributed by atoms with E-state index < -0.39 is 0 Å². The van der Waals surface area contributed by atoms with E-state index in [1.54, 1.807) is 13.0 Å². The van der Waals surface area contributed by atoms with Crippen LogP contribution in [0.15, 0.2) is 53.1 Å². The van der Waals surface area contributed by atoms with Gasteiger partial charge in [0.15, 0.2) is 5.13 Å². The summed E-state index contributed by atoms with van der Waals surface area (Å²) < 4.78 is 19.6. The van der Waals surface area contributed by atoms with Crippen LogP contribution in [0.3, 0.4) is 0 Å². The van der Waals surface area contributed by atoms with Crippen LogP contribution < -0.4 is 5.32 Å². The van der Waals surface area contributed by atoms with Gasteiger partial charge < -0.3 is 14.7 Å². The Morgan fingerprint density at radius 3 is 2.93 bits per heavy atom. The van der Waals surface area contributed by atoms with Crippen LogP contribution in [0.2, 0.25) is 0 Å². The summed E-state index contributed by atoms with van der Waals surface area (Å²) >= 11 is 1.42. The number of amides is 1. The second kappa shape index (κ2) is 7.53. The molecule has 1 atom stereocenters. The topological polar surface area (TPSA) is 71.3 Å². The van der Waals surface area contributed by atoms with Crippen LogP contribution in [0, 0.1) is 12.7 Å². The first-order valence-electron chi connectivity index (χ1n) is 9.72. The summed E-state index contributed by atoms with van der Waals surface area (Å²) in [6.07, 6.45) is 0.807. The molecule has 1 saturated heterocycles. The number of hydrogen-bond acceptors (Lipinski definition) is 6. The van der Waals surface area contributed by atoms with E-state index in [0.717, 1.165) is 27.3 Å². The second-order valence-corrected chi connectivity index (χ2v) is 8.37. The first-order valence-corrected chi connectivity index (χ1v) is 10.5. The van der Waals surface area contributed by atoms with Crippen molar-refractivity contribution < 1.29 is 13.7 Å². The molecule has 0 saturated carbocycles. The van der Waals surface area contributed by atoms with Crippen LogP contribution in [0.4, 0.5) is 9.52 Å². The standard InChI is InChI=1S/C22H19FN4O2S/c1-13-19(20(26-29-13)14-5-3-2-4-6-14)21(28)27-10-9-16(12-27)24-22-25-17-8-7-15(23)11-18(17)30-22/h2-8,11,16H,9-10,12H2,1H3,(H,24,25). The van der Waals surface area contributed by atoms with Crippen LogP contribution in [0.1, 0.15) is 22.5 Å². The van der Waals surface area contributed by atoms with Gasteiger partial charge in [0.2, 0.25) is 0 Å². The van der Waals surface area contributed by atoms with Gasteiger partial charge in [0.05, 0.1) is 10.2 Å². The Morgan fingerprint density at radius 2 is 2.10 bits per heavy atom. The Bertz CT molecular complexity index is 1220. The zero-order chi connectivity index (χ0) is 20.7. The Balaban J connectivity index is 1.32. The average Bonchev–Trinajstić information content (AvgIpc) is 3.46. The number of aryl methyl sites for hydroxylation is 1. The molecule has 1 amide bonds. The van der Waals surface area contributed by atoms with E-state index in [4.69, 9.17) is 4.52 Å². The lowest BCUT2D eigenvalue weighted by Gasteiger charge is -2.17. The second-order valence-electron chi connectivity index (χ2n) is 7.34. The summed E-state index contributed by atoms with van der Waals surface area (Å²) in [6.45, 7) is 2.95. The molecular formula is C22H19FN4O2S. The van der Waals surface area contributed by atoms with Gasteiger partial charge in [-0.1, -0.05) is 46.8 Å². The first-order chi connectivity index (χ1) is 14.6. The zero-order valence-corrected chi connectivity index (χ0v) is 17.1. The number of rotatable bonds is 4. The maximum atomic E-state index is 13.4. The van der Waals surface area contributed by atoms with E-state index >= 15 is 0 Å². The van der Waals surface area contributed by atoms with E-state index in [0.29, 0.717) is 30.1 Å². The number of likely N-dealkylation sites (tertiary alicyclic amines) is 1. The largest absolute Gasteiger partial charge is 0.360 e. The van der Waals surface area contributed by atoms with Crippen LogP contribution in [-0.2, 0) is 0 Å². The number of nitrogens with zero attached hydrogens (tertiary/aromatic N) is 3. The van der Waals surface area contributed by atoms with E-state index in [2.05, 4.69) is 15.5 Å². The number of carbonyl (C=O) groups excluding carboxylic acids is 1. The van der Waals surface area contributed by atoms with Crippen molar-refractivity contribution in [1.29, 1.82) is 0 Å². The lowest BCUT2D eigenvalue weighted by molar-refractivity contribution is 0.0790. The van der Waals surface area contributed by atoms with Crippen molar-refractivity contribution in [3.8, 4) is 11.3 Å². The molecule has 1 fully saturated rings. The maximum Gasteiger partial charge on any atom is 0.259 e. The minimum atomic E-state index is -0.270. The van der Waals surface area contributed by atoms with Gasteiger partial charge >= 0.3 is 0 Å². The molecule has 30 heavy (non-hydrogen) atoms. The van der Waals surface area contributed by atoms with E-state index in [1.165, 1.54) is 23.5 Å². The predicted octanol–water partition coefficient (Wildman–Crippen LogP) is 4.73. The van der Waals surface area contributed by atoms with Crippen molar-refractivity contribution >= 4 is 32.6 Å². The van der Waals surface area contributed by atoms with Gasteiger partial charge in [-0.15, -0.1) is 0 Å². The van der Waals surface area contributed by atoms with Gasteiger partial charge in [0.1, 0.15) is 22.8 Å². The Labute approximate surface area is 176 Å². The molecule has 1 N–H and O–H groups in total. The van der Waals surface area contributed by atoms with Gasteiger partial charge in [0.25, 0.3) is 5.91 Å². The molecule has 0 aliphatic carbocycles. The number of anilines is 1. The van der Waals surface area contributed by atoms with Crippen molar-refractivity contribution in [1.82, 2.24) is 15.0 Å². The third kappa shape index (κ3) is 3.43. The molecule has 1 aliphatic heterocycles. The van der Waals surface area contributed by atoms with Crippen LogP contribution >= 0.6 is 11.3 Å². The molecule has 4 aromatic rings. The van der Waals surface area contributed by atoms with Gasteiger partial charge in [-0.25, -0.2) is 9.37 Å². The number of aromatic nitrogens is 2.